The minimum Gasteiger partial charge on any atom is -0.496 e. The van der Waals surface area contributed by atoms with Crippen LogP contribution in [0.4, 0.5) is 0 Å². The van der Waals surface area contributed by atoms with Crippen LogP contribution in [0.5, 0.6) is 5.75 Å². The lowest BCUT2D eigenvalue weighted by atomic mass is 10.1. The second-order valence-corrected chi connectivity index (χ2v) is 5.18. The second-order valence-electron chi connectivity index (χ2n) is 4.40. The molecule has 0 aliphatic rings. The number of carbonyl (C=O) groups is 1. The van der Waals surface area contributed by atoms with E-state index in [1.165, 1.54) is 0 Å². The van der Waals surface area contributed by atoms with Crippen molar-refractivity contribution in [3.63, 3.8) is 0 Å². The molecule has 0 aliphatic carbocycles. The highest BCUT2D eigenvalue weighted by atomic mass is 32.1. The maximum absolute atomic E-state index is 12.4. The summed E-state index contributed by atoms with van der Waals surface area (Å²) in [6, 6.07) is 7.60. The summed E-state index contributed by atoms with van der Waals surface area (Å²) in [6.07, 6.45) is 0. The predicted molar refractivity (Wildman–Crippen MR) is 77.9 cm³/mol. The number of methoxy groups -OCH3 is 1. The molecular weight excluding hydrogens is 258 g/mol. The molecule has 0 fully saturated rings. The first kappa shape index (κ1) is 13.6. The number of rotatable bonds is 4. The van der Waals surface area contributed by atoms with E-state index in [0.717, 1.165) is 11.1 Å². The highest BCUT2D eigenvalue weighted by Crippen LogP contribution is 2.23. The van der Waals surface area contributed by atoms with Crippen LogP contribution in [0.25, 0.3) is 0 Å². The molecule has 1 N–H and O–H groups in total. The van der Waals surface area contributed by atoms with Crippen LogP contribution in [-0.4, -0.2) is 13.0 Å². The Morgan fingerprint density at radius 1 is 1.37 bits per heavy atom. The molecule has 0 saturated heterocycles. The number of amides is 1. The van der Waals surface area contributed by atoms with Gasteiger partial charge in [0.25, 0.3) is 5.91 Å². The molecule has 0 bridgehead atoms. The third-order valence-electron chi connectivity index (χ3n) is 3.07. The van der Waals surface area contributed by atoms with Crippen molar-refractivity contribution in [1.82, 2.24) is 5.32 Å². The molecule has 1 unspecified atom stereocenters. The van der Waals surface area contributed by atoms with Gasteiger partial charge in [0.05, 0.1) is 18.7 Å². The molecule has 2 rings (SSSR count). The van der Waals surface area contributed by atoms with Crippen LogP contribution < -0.4 is 10.1 Å². The number of thiophene rings is 1. The Hall–Kier alpha value is -1.81. The van der Waals surface area contributed by atoms with Crippen molar-refractivity contribution in [1.29, 1.82) is 0 Å². The fourth-order valence-electron chi connectivity index (χ4n) is 1.98. The van der Waals surface area contributed by atoms with Crippen molar-refractivity contribution in [2.24, 2.45) is 0 Å². The molecule has 3 nitrogen and oxygen atoms in total. The van der Waals surface area contributed by atoms with E-state index >= 15 is 0 Å². The molecule has 1 amide bonds. The lowest BCUT2D eigenvalue weighted by molar-refractivity contribution is 0.0936. The minimum absolute atomic E-state index is 0.0111. The third kappa shape index (κ3) is 2.96. The summed E-state index contributed by atoms with van der Waals surface area (Å²) in [6.45, 7) is 3.89. The van der Waals surface area contributed by atoms with Gasteiger partial charge in [0.2, 0.25) is 0 Å². The molecule has 2 aromatic rings. The SMILES string of the molecule is COc1cccc(C)c1C(=O)NC(C)c1ccsc1. The van der Waals surface area contributed by atoms with E-state index in [1.807, 2.05) is 42.8 Å². The zero-order valence-electron chi connectivity index (χ0n) is 11.3. The normalized spacial score (nSPS) is 11.9. The average Bonchev–Trinajstić information content (AvgIpc) is 2.92. The number of hydrogen-bond acceptors (Lipinski definition) is 3. The van der Waals surface area contributed by atoms with E-state index in [1.54, 1.807) is 24.5 Å². The van der Waals surface area contributed by atoms with Crippen LogP contribution >= 0.6 is 11.3 Å². The van der Waals surface area contributed by atoms with Crippen molar-refractivity contribution >= 4 is 17.2 Å². The molecule has 1 atom stereocenters. The first-order valence-corrected chi connectivity index (χ1v) is 7.04. The fraction of sp³-hybridized carbons (Fsp3) is 0.267. The quantitative estimate of drug-likeness (QED) is 0.926. The van der Waals surface area contributed by atoms with Gasteiger partial charge in [0.15, 0.2) is 0 Å². The minimum atomic E-state index is -0.103. The molecule has 1 heterocycles. The summed E-state index contributed by atoms with van der Waals surface area (Å²) in [7, 11) is 1.58. The van der Waals surface area contributed by atoms with E-state index in [0.29, 0.717) is 11.3 Å². The molecule has 19 heavy (non-hydrogen) atoms. The number of aryl methyl sites for hydroxylation is 1. The van der Waals surface area contributed by atoms with Crippen LogP contribution in [0.15, 0.2) is 35.0 Å². The van der Waals surface area contributed by atoms with Crippen LogP contribution in [0.2, 0.25) is 0 Å². The van der Waals surface area contributed by atoms with Gasteiger partial charge in [0, 0.05) is 0 Å². The number of carbonyl (C=O) groups excluding carboxylic acids is 1. The predicted octanol–water partition coefficient (Wildman–Crippen LogP) is 3.56. The van der Waals surface area contributed by atoms with Gasteiger partial charge in [-0.25, -0.2) is 0 Å². The lowest BCUT2D eigenvalue weighted by Gasteiger charge is -2.16. The van der Waals surface area contributed by atoms with E-state index in [4.69, 9.17) is 4.74 Å². The van der Waals surface area contributed by atoms with Gasteiger partial charge in [-0.05, 0) is 47.9 Å². The number of hydrogen-bond donors (Lipinski definition) is 1. The third-order valence-corrected chi connectivity index (χ3v) is 3.77. The van der Waals surface area contributed by atoms with Gasteiger partial charge in [-0.2, -0.15) is 11.3 Å². The molecule has 0 radical (unpaired) electrons. The number of nitrogens with one attached hydrogen (secondary N) is 1. The standard InChI is InChI=1S/C15H17NO2S/c1-10-5-4-6-13(18-3)14(10)15(17)16-11(2)12-7-8-19-9-12/h4-9,11H,1-3H3,(H,16,17). The fourth-order valence-corrected chi connectivity index (χ4v) is 2.73. The van der Waals surface area contributed by atoms with Crippen molar-refractivity contribution in [2.45, 2.75) is 19.9 Å². The van der Waals surface area contributed by atoms with Crippen molar-refractivity contribution in [3.8, 4) is 5.75 Å². The van der Waals surface area contributed by atoms with Crippen molar-refractivity contribution < 1.29 is 9.53 Å². The largest absolute Gasteiger partial charge is 0.496 e. The zero-order chi connectivity index (χ0) is 13.8. The molecular formula is C15H17NO2S. The van der Waals surface area contributed by atoms with Crippen LogP contribution in [0.3, 0.4) is 0 Å². The highest BCUT2D eigenvalue weighted by molar-refractivity contribution is 7.07. The Bertz CT molecular complexity index is 564. The monoisotopic (exact) mass is 275 g/mol. The highest BCUT2D eigenvalue weighted by Gasteiger charge is 2.17. The maximum atomic E-state index is 12.4. The Kier molecular flexibility index (Phi) is 4.22. The summed E-state index contributed by atoms with van der Waals surface area (Å²) >= 11 is 1.63. The average molecular weight is 275 g/mol. The van der Waals surface area contributed by atoms with E-state index in [9.17, 15) is 4.79 Å². The first-order chi connectivity index (χ1) is 9.13. The van der Waals surface area contributed by atoms with Crippen LogP contribution in [0.1, 0.15) is 34.5 Å². The molecule has 0 aliphatic heterocycles. The zero-order valence-corrected chi connectivity index (χ0v) is 12.1. The maximum Gasteiger partial charge on any atom is 0.255 e. The Morgan fingerprint density at radius 3 is 2.79 bits per heavy atom. The Morgan fingerprint density at radius 2 is 2.16 bits per heavy atom. The molecule has 0 saturated carbocycles. The van der Waals surface area contributed by atoms with Gasteiger partial charge in [-0.15, -0.1) is 0 Å². The lowest BCUT2D eigenvalue weighted by Crippen LogP contribution is -2.27. The van der Waals surface area contributed by atoms with Gasteiger partial charge in [-0.3, -0.25) is 4.79 Å². The smallest absolute Gasteiger partial charge is 0.255 e. The summed E-state index contributed by atoms with van der Waals surface area (Å²) in [5.41, 5.74) is 2.63. The molecule has 1 aromatic carbocycles. The molecule has 1 aromatic heterocycles. The summed E-state index contributed by atoms with van der Waals surface area (Å²) in [5.74, 6) is 0.503. The Balaban J connectivity index is 2.21. The summed E-state index contributed by atoms with van der Waals surface area (Å²) < 4.78 is 5.26. The van der Waals surface area contributed by atoms with Gasteiger partial charge < -0.3 is 10.1 Å². The molecule has 4 heteroatoms. The summed E-state index contributed by atoms with van der Waals surface area (Å²) in [4.78, 5) is 12.4. The summed E-state index contributed by atoms with van der Waals surface area (Å²) in [5, 5.41) is 7.05. The van der Waals surface area contributed by atoms with Crippen LogP contribution in [-0.2, 0) is 0 Å². The van der Waals surface area contributed by atoms with Crippen molar-refractivity contribution in [2.75, 3.05) is 7.11 Å². The number of benzene rings is 1. The molecule has 0 spiro atoms. The second kappa shape index (κ2) is 5.89. The first-order valence-electron chi connectivity index (χ1n) is 6.10. The van der Waals surface area contributed by atoms with E-state index < -0.39 is 0 Å². The molecule has 100 valence electrons. The Labute approximate surface area is 117 Å². The van der Waals surface area contributed by atoms with Gasteiger partial charge in [0.1, 0.15) is 5.75 Å². The van der Waals surface area contributed by atoms with E-state index in [2.05, 4.69) is 5.32 Å². The number of ether oxygens (including phenoxy) is 1. The van der Waals surface area contributed by atoms with E-state index in [-0.39, 0.29) is 11.9 Å². The van der Waals surface area contributed by atoms with Crippen molar-refractivity contribution in [3.05, 3.63) is 51.7 Å². The van der Waals surface area contributed by atoms with Crippen LogP contribution in [0, 0.1) is 6.92 Å². The topological polar surface area (TPSA) is 38.3 Å². The van der Waals surface area contributed by atoms with Gasteiger partial charge in [-0.1, -0.05) is 12.1 Å². The van der Waals surface area contributed by atoms with Gasteiger partial charge >= 0.3 is 0 Å².